The number of piperazine rings is 1. The number of anilines is 2. The number of fused-ring (bicyclic) bond motifs is 1. The number of benzene rings is 2. The Balaban J connectivity index is 1.22. The number of nitrogens with zero attached hydrogens (tertiary/aromatic N) is 3. The molecule has 2 aromatic heterocycles. The monoisotopic (exact) mass is 529 g/mol. The van der Waals surface area contributed by atoms with Crippen molar-refractivity contribution in [3.63, 3.8) is 0 Å². The Kier molecular flexibility index (Phi) is 6.43. The molecule has 2 aromatic carbocycles. The molecule has 35 heavy (non-hydrogen) atoms. The summed E-state index contributed by atoms with van der Waals surface area (Å²) in [5, 5.41) is 3.66. The maximum atomic E-state index is 13.2. The van der Waals surface area contributed by atoms with Crippen LogP contribution in [0, 0.1) is 0 Å². The molecule has 1 aliphatic rings. The van der Waals surface area contributed by atoms with Crippen LogP contribution in [0.1, 0.15) is 18.4 Å². The number of sulfonamides is 1. The van der Waals surface area contributed by atoms with E-state index in [4.69, 9.17) is 11.6 Å². The number of carbonyl (C=O) groups excluding carboxylic acids is 1. The zero-order valence-corrected chi connectivity index (χ0v) is 21.3. The lowest BCUT2D eigenvalue weighted by Gasteiger charge is -2.37. The summed E-state index contributed by atoms with van der Waals surface area (Å²) >= 11 is 7.39. The van der Waals surface area contributed by atoms with E-state index in [1.54, 1.807) is 35.8 Å². The minimum atomic E-state index is -3.68. The predicted molar refractivity (Wildman–Crippen MR) is 140 cm³/mol. The van der Waals surface area contributed by atoms with Crippen molar-refractivity contribution in [2.75, 3.05) is 35.8 Å². The van der Waals surface area contributed by atoms with Gasteiger partial charge in [-0.1, -0.05) is 11.6 Å². The molecule has 1 amide bonds. The molecular formula is C24H24ClN5O3S2. The minimum Gasteiger partial charge on any atom is -0.368 e. The van der Waals surface area contributed by atoms with Gasteiger partial charge < -0.3 is 14.8 Å². The number of H-pyrrole nitrogens is 1. The van der Waals surface area contributed by atoms with E-state index in [1.165, 1.54) is 11.3 Å². The van der Waals surface area contributed by atoms with Crippen LogP contribution in [0.3, 0.4) is 0 Å². The second-order valence-electron chi connectivity index (χ2n) is 8.40. The molecule has 182 valence electrons. The molecule has 0 aliphatic carbocycles. The second kappa shape index (κ2) is 9.52. The van der Waals surface area contributed by atoms with Crippen LogP contribution >= 0.6 is 22.9 Å². The molecule has 1 saturated heterocycles. The van der Waals surface area contributed by atoms with Crippen LogP contribution in [0.25, 0.3) is 10.9 Å². The van der Waals surface area contributed by atoms with Crippen molar-refractivity contribution < 1.29 is 13.2 Å². The third kappa shape index (κ3) is 4.86. The van der Waals surface area contributed by atoms with E-state index in [-0.39, 0.29) is 16.7 Å². The lowest BCUT2D eigenvalue weighted by atomic mass is 9.98. The number of nitrogens with one attached hydrogen (secondary N) is 2. The number of aromatic amines is 1. The van der Waals surface area contributed by atoms with Gasteiger partial charge >= 0.3 is 0 Å². The molecule has 8 nitrogen and oxygen atoms in total. The molecule has 0 bridgehead atoms. The van der Waals surface area contributed by atoms with Gasteiger partial charge in [-0.25, -0.2) is 13.4 Å². The Labute approximate surface area is 212 Å². The van der Waals surface area contributed by atoms with Crippen molar-refractivity contribution in [1.82, 2.24) is 14.9 Å². The Morgan fingerprint density at radius 2 is 1.89 bits per heavy atom. The summed E-state index contributed by atoms with van der Waals surface area (Å²) in [4.78, 5) is 24.7. The summed E-state index contributed by atoms with van der Waals surface area (Å²) in [6.45, 7) is 4.45. The molecule has 11 heteroatoms. The zero-order chi connectivity index (χ0) is 24.6. The molecular weight excluding hydrogens is 506 g/mol. The van der Waals surface area contributed by atoms with Crippen LogP contribution in [-0.4, -0.2) is 55.4 Å². The van der Waals surface area contributed by atoms with Crippen molar-refractivity contribution in [3.8, 4) is 0 Å². The standard InChI is InChI=1S/C24H24ClN5O3S2/c1-16(21-15-27-22-7-2-17(25)14-20(21)22)23(31)30-11-9-29(10-12-30)18-3-5-19(6-4-18)35(32,33)28-24-26-8-13-34-24/h2-8,13-16,27H,9-12H2,1H3,(H,26,28)/t16-/m0/s1. The highest BCUT2D eigenvalue weighted by molar-refractivity contribution is 7.93. The van der Waals surface area contributed by atoms with Crippen LogP contribution in [0.4, 0.5) is 10.8 Å². The van der Waals surface area contributed by atoms with Gasteiger partial charge in [-0.15, -0.1) is 11.3 Å². The van der Waals surface area contributed by atoms with Crippen LogP contribution in [0.5, 0.6) is 0 Å². The van der Waals surface area contributed by atoms with Gasteiger partial charge in [-0.2, -0.15) is 0 Å². The summed E-state index contributed by atoms with van der Waals surface area (Å²) in [5.41, 5.74) is 2.82. The molecule has 2 N–H and O–H groups in total. The van der Waals surface area contributed by atoms with Crippen molar-refractivity contribution in [2.45, 2.75) is 17.7 Å². The SMILES string of the molecule is C[C@H](C(=O)N1CCN(c2ccc(S(=O)(=O)Nc3nccs3)cc2)CC1)c1c[nH]c2ccc(Cl)cc12. The number of rotatable bonds is 6. The summed E-state index contributed by atoms with van der Waals surface area (Å²) in [7, 11) is -3.68. The van der Waals surface area contributed by atoms with Crippen molar-refractivity contribution in [1.29, 1.82) is 0 Å². The maximum Gasteiger partial charge on any atom is 0.263 e. The Morgan fingerprint density at radius 3 is 2.57 bits per heavy atom. The van der Waals surface area contributed by atoms with E-state index in [2.05, 4.69) is 19.6 Å². The first-order chi connectivity index (χ1) is 16.8. The fourth-order valence-electron chi connectivity index (χ4n) is 4.35. The molecule has 0 unspecified atom stereocenters. The van der Waals surface area contributed by atoms with Crippen molar-refractivity contribution in [2.24, 2.45) is 0 Å². The molecule has 1 aliphatic heterocycles. The number of thiazole rings is 1. The van der Waals surface area contributed by atoms with Gasteiger partial charge in [0.1, 0.15) is 0 Å². The summed E-state index contributed by atoms with van der Waals surface area (Å²) in [6, 6.07) is 12.4. The number of hydrogen-bond donors (Lipinski definition) is 2. The summed E-state index contributed by atoms with van der Waals surface area (Å²) in [6.07, 6.45) is 3.44. The average Bonchev–Trinajstić information content (AvgIpc) is 3.52. The number of aromatic nitrogens is 2. The number of hydrogen-bond acceptors (Lipinski definition) is 6. The molecule has 1 fully saturated rings. The van der Waals surface area contributed by atoms with Crippen molar-refractivity contribution in [3.05, 3.63) is 70.8 Å². The third-order valence-corrected chi connectivity index (χ3v) is 8.68. The zero-order valence-electron chi connectivity index (χ0n) is 18.9. The predicted octanol–water partition coefficient (Wildman–Crippen LogP) is 4.53. The first-order valence-electron chi connectivity index (χ1n) is 11.1. The van der Waals surface area contributed by atoms with Gasteiger partial charge in [0, 0.05) is 65.6 Å². The van der Waals surface area contributed by atoms with Crippen molar-refractivity contribution >= 4 is 60.6 Å². The fourth-order valence-corrected chi connectivity index (χ4v) is 6.31. The third-order valence-electron chi connectivity index (χ3n) is 6.27. The number of halogens is 1. The second-order valence-corrected chi connectivity index (χ2v) is 11.4. The normalized spacial score (nSPS) is 15.4. The number of carbonyl (C=O) groups is 1. The van der Waals surface area contributed by atoms with Gasteiger partial charge in [0.2, 0.25) is 5.91 Å². The highest BCUT2D eigenvalue weighted by Gasteiger charge is 2.27. The van der Waals surface area contributed by atoms with Gasteiger partial charge in [-0.3, -0.25) is 9.52 Å². The first kappa shape index (κ1) is 23.7. The molecule has 4 aromatic rings. The van der Waals surface area contributed by atoms with E-state index in [0.29, 0.717) is 36.3 Å². The van der Waals surface area contributed by atoms with Gasteiger partial charge in [0.15, 0.2) is 5.13 Å². The molecule has 5 rings (SSSR count). The van der Waals surface area contributed by atoms with Crippen LogP contribution in [0.15, 0.2) is 65.1 Å². The van der Waals surface area contributed by atoms with E-state index >= 15 is 0 Å². The lowest BCUT2D eigenvalue weighted by molar-refractivity contribution is -0.132. The molecule has 0 spiro atoms. The van der Waals surface area contributed by atoms with E-state index in [9.17, 15) is 13.2 Å². The summed E-state index contributed by atoms with van der Waals surface area (Å²) in [5.74, 6) is -0.205. The van der Waals surface area contributed by atoms with Gasteiger partial charge in [-0.05, 0) is 55.0 Å². The molecule has 0 saturated carbocycles. The number of amides is 1. The van der Waals surface area contributed by atoms with E-state index in [1.807, 2.05) is 36.2 Å². The topological polar surface area (TPSA) is 98.4 Å². The molecule has 1 atom stereocenters. The largest absolute Gasteiger partial charge is 0.368 e. The Morgan fingerprint density at radius 1 is 1.14 bits per heavy atom. The molecule has 3 heterocycles. The van der Waals surface area contributed by atoms with Crippen LogP contribution in [-0.2, 0) is 14.8 Å². The highest BCUT2D eigenvalue weighted by atomic mass is 35.5. The molecule has 0 radical (unpaired) electrons. The first-order valence-corrected chi connectivity index (χ1v) is 13.9. The fraction of sp³-hybridized carbons (Fsp3) is 0.250. The Bertz CT molecular complexity index is 1440. The van der Waals surface area contributed by atoms with E-state index in [0.717, 1.165) is 22.2 Å². The van der Waals surface area contributed by atoms with E-state index < -0.39 is 10.0 Å². The Hall–Kier alpha value is -3.08. The van der Waals surface area contributed by atoms with Gasteiger partial charge in [0.25, 0.3) is 10.0 Å². The quantitative estimate of drug-likeness (QED) is 0.382. The van der Waals surface area contributed by atoms with Gasteiger partial charge in [0.05, 0.1) is 10.8 Å². The van der Waals surface area contributed by atoms with Crippen LogP contribution in [0.2, 0.25) is 5.02 Å². The lowest BCUT2D eigenvalue weighted by Crippen LogP contribution is -2.49. The maximum absolute atomic E-state index is 13.2. The smallest absolute Gasteiger partial charge is 0.263 e. The van der Waals surface area contributed by atoms with Crippen LogP contribution < -0.4 is 9.62 Å². The summed E-state index contributed by atoms with van der Waals surface area (Å²) < 4.78 is 27.6. The average molecular weight is 530 g/mol. The highest BCUT2D eigenvalue weighted by Crippen LogP contribution is 2.30. The minimum absolute atomic E-state index is 0.0835.